The van der Waals surface area contributed by atoms with Crippen LogP contribution < -0.4 is 4.90 Å². The van der Waals surface area contributed by atoms with Gasteiger partial charge in [0.15, 0.2) is 5.65 Å². The van der Waals surface area contributed by atoms with Crippen LogP contribution in [0.5, 0.6) is 0 Å². The van der Waals surface area contributed by atoms with E-state index in [1.54, 1.807) is 11.0 Å². The van der Waals surface area contributed by atoms with Gasteiger partial charge in [0.05, 0.1) is 5.39 Å². The number of likely N-dealkylation sites (N-methyl/N-ethyl adjacent to an activating group) is 1. The van der Waals surface area contributed by atoms with E-state index in [4.69, 9.17) is 0 Å². The van der Waals surface area contributed by atoms with Crippen molar-refractivity contribution in [2.45, 2.75) is 6.92 Å². The summed E-state index contributed by atoms with van der Waals surface area (Å²) in [4.78, 5) is 10.6. The van der Waals surface area contributed by atoms with E-state index >= 15 is 0 Å². The highest BCUT2D eigenvalue weighted by Gasteiger charge is 2.15. The van der Waals surface area contributed by atoms with Gasteiger partial charge in [0.25, 0.3) is 0 Å². The minimum Gasteiger partial charge on any atom is -0.355 e. The zero-order chi connectivity index (χ0) is 12.6. The number of aryl methyl sites for hydroxylation is 1. The molecule has 0 bridgehead atoms. The number of anilines is 1. The van der Waals surface area contributed by atoms with Crippen LogP contribution in [0.2, 0.25) is 0 Å². The molecule has 0 spiro atoms. The maximum Gasteiger partial charge on any atom is 0.164 e. The number of halogens is 1. The molecular weight excluding hydrogens is 282 g/mol. The van der Waals surface area contributed by atoms with E-state index < -0.39 is 0 Å². The number of fused-ring (bicyclic) bond motifs is 1. The van der Waals surface area contributed by atoms with Crippen molar-refractivity contribution in [1.29, 1.82) is 0 Å². The van der Waals surface area contributed by atoms with Crippen LogP contribution in [0.25, 0.3) is 11.0 Å². The lowest BCUT2D eigenvalue weighted by molar-refractivity contribution is 0.777. The van der Waals surface area contributed by atoms with Crippen molar-refractivity contribution in [2.75, 3.05) is 18.5 Å². The summed E-state index contributed by atoms with van der Waals surface area (Å²) in [6.07, 6.45) is 1.56. The predicted molar refractivity (Wildman–Crippen MR) is 72.1 cm³/mol. The van der Waals surface area contributed by atoms with E-state index in [2.05, 4.69) is 37.6 Å². The standard InChI is InChI=1S/C11H14BrN5/c1-7(2)5-16(3)10-8-9(12)15-17(4)11(8)14-6-13-10/h6H,1,5H2,2-4H3. The molecule has 0 aliphatic rings. The molecule has 0 aliphatic heterocycles. The third-order valence-corrected chi connectivity index (χ3v) is 2.98. The summed E-state index contributed by atoms with van der Waals surface area (Å²) < 4.78 is 2.50. The average molecular weight is 296 g/mol. The van der Waals surface area contributed by atoms with Gasteiger partial charge in [0.2, 0.25) is 0 Å². The maximum absolute atomic E-state index is 4.32. The molecule has 2 aromatic rings. The van der Waals surface area contributed by atoms with Gasteiger partial charge in [-0.15, -0.1) is 0 Å². The molecule has 2 rings (SSSR count). The lowest BCUT2D eigenvalue weighted by Gasteiger charge is -2.18. The SMILES string of the molecule is C=C(C)CN(C)c1ncnc2c1c(Br)nn2C. The van der Waals surface area contributed by atoms with Crippen molar-refractivity contribution >= 4 is 32.8 Å². The maximum atomic E-state index is 4.32. The zero-order valence-electron chi connectivity index (χ0n) is 10.1. The van der Waals surface area contributed by atoms with Gasteiger partial charge in [0.1, 0.15) is 16.7 Å². The summed E-state index contributed by atoms with van der Waals surface area (Å²) >= 11 is 3.44. The third kappa shape index (κ3) is 2.17. The Kier molecular flexibility index (Phi) is 3.15. The molecule has 0 fully saturated rings. The van der Waals surface area contributed by atoms with Gasteiger partial charge < -0.3 is 4.90 Å². The van der Waals surface area contributed by atoms with Crippen molar-refractivity contribution in [2.24, 2.45) is 7.05 Å². The summed E-state index contributed by atoms with van der Waals surface area (Å²) in [5.41, 5.74) is 1.90. The van der Waals surface area contributed by atoms with Crippen LogP contribution in [0.15, 0.2) is 23.1 Å². The molecule has 0 N–H and O–H groups in total. The first kappa shape index (κ1) is 12.0. The topological polar surface area (TPSA) is 46.8 Å². The van der Waals surface area contributed by atoms with Crippen LogP contribution in [0.1, 0.15) is 6.92 Å². The van der Waals surface area contributed by atoms with E-state index in [1.165, 1.54) is 0 Å². The number of aromatic nitrogens is 4. The molecule has 5 nitrogen and oxygen atoms in total. The predicted octanol–water partition coefficient (Wildman–Crippen LogP) is 2.14. The van der Waals surface area contributed by atoms with Crippen molar-refractivity contribution in [3.63, 3.8) is 0 Å². The molecule has 0 aliphatic carbocycles. The fourth-order valence-electron chi connectivity index (χ4n) is 1.80. The molecule has 0 saturated carbocycles. The molecule has 0 saturated heterocycles. The monoisotopic (exact) mass is 295 g/mol. The minimum atomic E-state index is 0.757. The van der Waals surface area contributed by atoms with Crippen molar-refractivity contribution in [3.8, 4) is 0 Å². The highest BCUT2D eigenvalue weighted by atomic mass is 79.9. The number of hydrogen-bond acceptors (Lipinski definition) is 4. The quantitative estimate of drug-likeness (QED) is 0.814. The smallest absolute Gasteiger partial charge is 0.164 e. The van der Waals surface area contributed by atoms with E-state index in [-0.39, 0.29) is 0 Å². The minimum absolute atomic E-state index is 0.757. The average Bonchev–Trinajstić information content (AvgIpc) is 2.54. The summed E-state index contributed by atoms with van der Waals surface area (Å²) in [5, 5.41) is 5.22. The Morgan fingerprint density at radius 3 is 2.88 bits per heavy atom. The first-order valence-electron chi connectivity index (χ1n) is 5.19. The van der Waals surface area contributed by atoms with Gasteiger partial charge in [-0.3, -0.25) is 0 Å². The normalized spacial score (nSPS) is 10.8. The Morgan fingerprint density at radius 2 is 2.24 bits per heavy atom. The van der Waals surface area contributed by atoms with E-state index in [0.29, 0.717) is 0 Å². The van der Waals surface area contributed by atoms with Crippen LogP contribution in [0, 0.1) is 0 Å². The highest BCUT2D eigenvalue weighted by Crippen LogP contribution is 2.28. The Balaban J connectivity index is 2.57. The Morgan fingerprint density at radius 1 is 1.53 bits per heavy atom. The fourth-order valence-corrected chi connectivity index (χ4v) is 2.39. The van der Waals surface area contributed by atoms with Crippen LogP contribution in [-0.2, 0) is 7.05 Å². The number of rotatable bonds is 3. The molecule has 0 aromatic carbocycles. The zero-order valence-corrected chi connectivity index (χ0v) is 11.7. The molecule has 0 radical (unpaired) electrons. The summed E-state index contributed by atoms with van der Waals surface area (Å²) in [6, 6.07) is 0. The van der Waals surface area contributed by atoms with Gasteiger partial charge in [0, 0.05) is 20.6 Å². The first-order valence-corrected chi connectivity index (χ1v) is 5.98. The van der Waals surface area contributed by atoms with E-state index in [0.717, 1.165) is 33.6 Å². The number of hydrogen-bond donors (Lipinski definition) is 0. The van der Waals surface area contributed by atoms with Gasteiger partial charge in [-0.1, -0.05) is 12.2 Å². The van der Waals surface area contributed by atoms with Crippen molar-refractivity contribution in [3.05, 3.63) is 23.1 Å². The van der Waals surface area contributed by atoms with Crippen LogP contribution in [0.3, 0.4) is 0 Å². The molecule has 90 valence electrons. The van der Waals surface area contributed by atoms with E-state index in [1.807, 2.05) is 25.9 Å². The van der Waals surface area contributed by atoms with Crippen LogP contribution in [-0.4, -0.2) is 33.3 Å². The summed E-state index contributed by atoms with van der Waals surface area (Å²) in [7, 11) is 3.85. The summed E-state index contributed by atoms with van der Waals surface area (Å²) in [5.74, 6) is 0.859. The van der Waals surface area contributed by atoms with Gasteiger partial charge in [-0.2, -0.15) is 5.10 Å². The molecule has 2 heterocycles. The van der Waals surface area contributed by atoms with Gasteiger partial charge in [-0.25, -0.2) is 14.6 Å². The van der Waals surface area contributed by atoms with Gasteiger partial charge in [-0.05, 0) is 22.9 Å². The summed E-state index contributed by atoms with van der Waals surface area (Å²) in [6.45, 7) is 6.66. The van der Waals surface area contributed by atoms with Crippen molar-refractivity contribution < 1.29 is 0 Å². The largest absolute Gasteiger partial charge is 0.355 e. The fraction of sp³-hybridized carbons (Fsp3) is 0.364. The van der Waals surface area contributed by atoms with Gasteiger partial charge >= 0.3 is 0 Å². The number of nitrogens with zero attached hydrogens (tertiary/aromatic N) is 5. The molecule has 0 unspecified atom stereocenters. The molecule has 6 heteroatoms. The molecule has 0 amide bonds. The lowest BCUT2D eigenvalue weighted by Crippen LogP contribution is -2.20. The molecule has 0 atom stereocenters. The van der Waals surface area contributed by atoms with Crippen molar-refractivity contribution in [1.82, 2.24) is 19.7 Å². The molecule has 17 heavy (non-hydrogen) atoms. The second-order valence-electron chi connectivity index (χ2n) is 4.12. The third-order valence-electron chi connectivity index (χ3n) is 2.43. The Bertz CT molecular complexity index is 574. The Hall–Kier alpha value is -1.43. The lowest BCUT2D eigenvalue weighted by atomic mass is 10.3. The highest BCUT2D eigenvalue weighted by molar-refractivity contribution is 9.10. The van der Waals surface area contributed by atoms with Crippen LogP contribution in [0.4, 0.5) is 5.82 Å². The Labute approximate surface area is 108 Å². The molecular formula is C11H14BrN5. The second-order valence-corrected chi connectivity index (χ2v) is 4.87. The first-order chi connectivity index (χ1) is 8.00. The van der Waals surface area contributed by atoms with Crippen LogP contribution >= 0.6 is 15.9 Å². The molecule has 2 aromatic heterocycles. The second kappa shape index (κ2) is 4.44. The van der Waals surface area contributed by atoms with E-state index in [9.17, 15) is 0 Å².